The third kappa shape index (κ3) is 2.70. The zero-order valence-electron chi connectivity index (χ0n) is 12.5. The van der Waals surface area contributed by atoms with Crippen LogP contribution in [0.25, 0.3) is 0 Å². The number of thioether (sulfide) groups is 1. The van der Waals surface area contributed by atoms with Gasteiger partial charge < -0.3 is 14.4 Å². The minimum absolute atomic E-state index is 0.0562. The molecule has 1 saturated heterocycles. The van der Waals surface area contributed by atoms with E-state index in [2.05, 4.69) is 0 Å². The molecule has 4 nitrogen and oxygen atoms in total. The Labute approximate surface area is 153 Å². The topological polar surface area (TPSA) is 38.8 Å². The zero-order valence-corrected chi connectivity index (χ0v) is 14.8. The maximum atomic E-state index is 13.0. The lowest BCUT2D eigenvalue weighted by Crippen LogP contribution is -2.30. The molecule has 24 heavy (non-hydrogen) atoms. The molecule has 4 rings (SSSR count). The van der Waals surface area contributed by atoms with E-state index in [9.17, 15) is 4.79 Å². The Morgan fingerprint density at radius 2 is 2.00 bits per heavy atom. The van der Waals surface area contributed by atoms with Gasteiger partial charge in [-0.05, 0) is 24.3 Å². The van der Waals surface area contributed by atoms with Gasteiger partial charge in [-0.25, -0.2) is 0 Å². The van der Waals surface area contributed by atoms with Crippen LogP contribution in [0, 0.1) is 0 Å². The van der Waals surface area contributed by atoms with E-state index in [0.717, 1.165) is 11.3 Å². The summed E-state index contributed by atoms with van der Waals surface area (Å²) >= 11 is 14.2. The summed E-state index contributed by atoms with van der Waals surface area (Å²) in [6, 6.07) is 10.8. The molecule has 2 aliphatic heterocycles. The van der Waals surface area contributed by atoms with Gasteiger partial charge in [0, 0.05) is 23.4 Å². The van der Waals surface area contributed by atoms with E-state index in [4.69, 9.17) is 32.7 Å². The Kier molecular flexibility index (Phi) is 4.24. The maximum Gasteiger partial charge on any atom is 0.255 e. The summed E-state index contributed by atoms with van der Waals surface area (Å²) in [4.78, 5) is 14.8. The van der Waals surface area contributed by atoms with Crippen LogP contribution in [0.2, 0.25) is 10.0 Å². The minimum Gasteiger partial charge on any atom is -0.454 e. The molecule has 1 amide bonds. The average molecular weight is 382 g/mol. The molecule has 0 saturated carbocycles. The molecule has 0 bridgehead atoms. The number of fused-ring (bicyclic) bond motifs is 1. The van der Waals surface area contributed by atoms with E-state index in [-0.39, 0.29) is 18.1 Å². The molecule has 0 N–H and O–H groups in total. The van der Waals surface area contributed by atoms with Crippen LogP contribution in [0.3, 0.4) is 0 Å². The highest BCUT2D eigenvalue weighted by molar-refractivity contribution is 7.99. The molecular formula is C17H13Cl2NO3S. The van der Waals surface area contributed by atoms with Gasteiger partial charge in [-0.3, -0.25) is 4.79 Å². The van der Waals surface area contributed by atoms with E-state index >= 15 is 0 Å². The van der Waals surface area contributed by atoms with E-state index in [1.54, 1.807) is 36.0 Å². The van der Waals surface area contributed by atoms with Gasteiger partial charge in [0.15, 0.2) is 11.5 Å². The molecule has 2 aliphatic rings. The van der Waals surface area contributed by atoms with Crippen molar-refractivity contribution in [1.29, 1.82) is 0 Å². The van der Waals surface area contributed by atoms with Gasteiger partial charge >= 0.3 is 0 Å². The van der Waals surface area contributed by atoms with Crippen molar-refractivity contribution >= 4 is 40.9 Å². The maximum absolute atomic E-state index is 13.0. The SMILES string of the molecule is O=C(c1ccc2c(c1)OCO2)N1CCSC1c1cccc(Cl)c1Cl. The molecule has 0 spiro atoms. The summed E-state index contributed by atoms with van der Waals surface area (Å²) in [5.41, 5.74) is 1.44. The lowest BCUT2D eigenvalue weighted by molar-refractivity contribution is 0.0760. The lowest BCUT2D eigenvalue weighted by atomic mass is 10.1. The molecule has 124 valence electrons. The van der Waals surface area contributed by atoms with Gasteiger partial charge in [0.05, 0.1) is 10.0 Å². The normalized spacial score (nSPS) is 18.9. The van der Waals surface area contributed by atoms with Crippen LogP contribution in [-0.2, 0) is 0 Å². The van der Waals surface area contributed by atoms with Crippen molar-refractivity contribution in [3.63, 3.8) is 0 Å². The molecule has 0 radical (unpaired) electrons. The molecule has 1 atom stereocenters. The Morgan fingerprint density at radius 1 is 1.17 bits per heavy atom. The molecule has 7 heteroatoms. The minimum atomic E-state index is -0.144. The van der Waals surface area contributed by atoms with Crippen molar-refractivity contribution in [2.45, 2.75) is 5.37 Å². The van der Waals surface area contributed by atoms with Gasteiger partial charge in [0.1, 0.15) is 5.37 Å². The molecule has 1 unspecified atom stereocenters. The molecule has 2 aromatic carbocycles. The van der Waals surface area contributed by atoms with Crippen LogP contribution in [-0.4, -0.2) is 29.9 Å². The van der Waals surface area contributed by atoms with Crippen molar-refractivity contribution in [3.8, 4) is 11.5 Å². The lowest BCUT2D eigenvalue weighted by Gasteiger charge is -2.25. The standard InChI is InChI=1S/C17H13Cl2NO3S/c18-12-3-1-2-11(15(12)19)17-20(6-7-24-17)16(21)10-4-5-13-14(8-10)23-9-22-13/h1-5,8,17H,6-7,9H2. The fraction of sp³-hybridized carbons (Fsp3) is 0.235. The highest BCUT2D eigenvalue weighted by Gasteiger charge is 2.33. The summed E-state index contributed by atoms with van der Waals surface area (Å²) in [5, 5.41) is 0.855. The largest absolute Gasteiger partial charge is 0.454 e. The van der Waals surface area contributed by atoms with Crippen molar-refractivity contribution in [2.75, 3.05) is 19.1 Å². The number of rotatable bonds is 2. The quantitative estimate of drug-likeness (QED) is 0.761. The van der Waals surface area contributed by atoms with Crippen molar-refractivity contribution < 1.29 is 14.3 Å². The fourth-order valence-corrected chi connectivity index (χ4v) is 4.60. The second kappa shape index (κ2) is 6.39. The van der Waals surface area contributed by atoms with Crippen molar-refractivity contribution in [2.24, 2.45) is 0 Å². The number of nitrogens with zero attached hydrogens (tertiary/aromatic N) is 1. The zero-order chi connectivity index (χ0) is 16.7. The highest BCUT2D eigenvalue weighted by atomic mass is 35.5. The summed E-state index contributed by atoms with van der Waals surface area (Å²) in [6.45, 7) is 0.846. The van der Waals surface area contributed by atoms with Gasteiger partial charge in [-0.15, -0.1) is 11.8 Å². The van der Waals surface area contributed by atoms with E-state index in [1.807, 2.05) is 17.0 Å². The van der Waals surface area contributed by atoms with Gasteiger partial charge in [-0.1, -0.05) is 35.3 Å². The summed E-state index contributed by atoms with van der Waals surface area (Å²) in [7, 11) is 0. The number of hydrogen-bond donors (Lipinski definition) is 0. The number of hydrogen-bond acceptors (Lipinski definition) is 4. The molecule has 2 aromatic rings. The number of ether oxygens (including phenoxy) is 2. The second-order valence-electron chi connectivity index (χ2n) is 5.43. The fourth-order valence-electron chi connectivity index (χ4n) is 2.84. The summed E-state index contributed by atoms with van der Waals surface area (Å²) in [6.07, 6.45) is 0. The van der Waals surface area contributed by atoms with E-state index < -0.39 is 0 Å². The predicted octanol–water partition coefficient (Wildman–Crippen LogP) is 4.61. The molecule has 2 heterocycles. The molecule has 0 aromatic heterocycles. The van der Waals surface area contributed by atoms with Crippen LogP contribution in [0.1, 0.15) is 21.3 Å². The number of amides is 1. The first-order valence-corrected chi connectivity index (χ1v) is 9.22. The van der Waals surface area contributed by atoms with E-state index in [0.29, 0.717) is 33.7 Å². The third-order valence-corrected chi connectivity index (χ3v) is 6.09. The van der Waals surface area contributed by atoms with E-state index in [1.165, 1.54) is 0 Å². The molecular weight excluding hydrogens is 369 g/mol. The Balaban J connectivity index is 1.65. The van der Waals surface area contributed by atoms with Crippen LogP contribution < -0.4 is 9.47 Å². The molecule has 1 fully saturated rings. The summed E-state index contributed by atoms with van der Waals surface area (Å²) < 4.78 is 10.7. The predicted molar refractivity (Wildman–Crippen MR) is 95.3 cm³/mol. The first-order valence-electron chi connectivity index (χ1n) is 7.41. The van der Waals surface area contributed by atoms with Gasteiger partial charge in [0.25, 0.3) is 5.91 Å². The molecule has 0 aliphatic carbocycles. The second-order valence-corrected chi connectivity index (χ2v) is 7.41. The Bertz CT molecular complexity index is 814. The Morgan fingerprint density at radius 3 is 2.88 bits per heavy atom. The number of carbonyl (C=O) groups is 1. The Hall–Kier alpha value is -1.56. The monoisotopic (exact) mass is 381 g/mol. The number of halogens is 2. The first-order chi connectivity index (χ1) is 11.6. The van der Waals surface area contributed by atoms with Crippen LogP contribution in [0.4, 0.5) is 0 Å². The van der Waals surface area contributed by atoms with Gasteiger partial charge in [0.2, 0.25) is 6.79 Å². The van der Waals surface area contributed by atoms with Crippen molar-refractivity contribution in [1.82, 2.24) is 4.90 Å². The van der Waals surface area contributed by atoms with Crippen LogP contribution in [0.5, 0.6) is 11.5 Å². The third-order valence-electron chi connectivity index (χ3n) is 4.02. The van der Waals surface area contributed by atoms with Crippen molar-refractivity contribution in [3.05, 3.63) is 57.6 Å². The smallest absolute Gasteiger partial charge is 0.255 e. The summed E-state index contributed by atoms with van der Waals surface area (Å²) in [5.74, 6) is 2.06. The van der Waals surface area contributed by atoms with Crippen LogP contribution >= 0.6 is 35.0 Å². The first kappa shape index (κ1) is 15.9. The van der Waals surface area contributed by atoms with Gasteiger partial charge in [-0.2, -0.15) is 0 Å². The number of carbonyl (C=O) groups excluding carboxylic acids is 1. The average Bonchev–Trinajstić information content (AvgIpc) is 3.24. The van der Waals surface area contributed by atoms with Crippen LogP contribution in [0.15, 0.2) is 36.4 Å². The highest BCUT2D eigenvalue weighted by Crippen LogP contribution is 2.43. The number of benzene rings is 2.